The van der Waals surface area contributed by atoms with Gasteiger partial charge in [-0.2, -0.15) is 0 Å². The van der Waals surface area contributed by atoms with Gasteiger partial charge in [-0.1, -0.05) is 12.1 Å². The number of piperazine rings is 1. The molecule has 0 atom stereocenters. The number of carbonyl (C=O) groups is 3. The number of aliphatic carboxylic acids is 2. The van der Waals surface area contributed by atoms with Gasteiger partial charge in [-0.3, -0.25) is 9.69 Å². The molecule has 2 N–H and O–H groups in total. The minimum Gasteiger partial charge on any atom is -0.496 e. The second-order valence-corrected chi connectivity index (χ2v) is 7.41. The predicted octanol–water partition coefficient (Wildman–Crippen LogP) is 1.83. The Kier molecular flexibility index (Phi) is 10.2. The van der Waals surface area contributed by atoms with Gasteiger partial charge in [0.1, 0.15) is 5.75 Å². The van der Waals surface area contributed by atoms with Gasteiger partial charge in [0.25, 0.3) is 5.91 Å². The summed E-state index contributed by atoms with van der Waals surface area (Å²) in [5.74, 6) is -1.15. The largest absolute Gasteiger partial charge is 0.496 e. The number of methoxy groups -OCH3 is 4. The van der Waals surface area contributed by atoms with Gasteiger partial charge < -0.3 is 34.1 Å². The molecule has 1 fully saturated rings. The lowest BCUT2D eigenvalue weighted by Gasteiger charge is -2.35. The molecular formula is C24H30N2O9. The molecule has 0 radical (unpaired) electrons. The van der Waals surface area contributed by atoms with E-state index < -0.39 is 11.9 Å². The van der Waals surface area contributed by atoms with E-state index in [4.69, 9.17) is 38.7 Å². The van der Waals surface area contributed by atoms with Crippen LogP contribution in [0.5, 0.6) is 23.0 Å². The average molecular weight is 491 g/mol. The number of rotatable bonds is 7. The number of para-hydroxylation sites is 1. The quantitative estimate of drug-likeness (QED) is 0.554. The van der Waals surface area contributed by atoms with Crippen LogP contribution in [0.4, 0.5) is 0 Å². The SMILES string of the molecule is COc1ccccc1C(=O)N1CCN(Cc2cc(OC)c(OC)c(OC)c2)CC1.O=C(O)C(=O)O. The molecule has 11 heteroatoms. The number of hydrogen-bond acceptors (Lipinski definition) is 8. The van der Waals surface area contributed by atoms with Gasteiger partial charge in [0, 0.05) is 32.7 Å². The van der Waals surface area contributed by atoms with Crippen molar-refractivity contribution in [3.8, 4) is 23.0 Å². The Labute approximate surface area is 203 Å². The van der Waals surface area contributed by atoms with Gasteiger partial charge in [-0.25, -0.2) is 9.59 Å². The van der Waals surface area contributed by atoms with Crippen molar-refractivity contribution in [2.75, 3.05) is 54.6 Å². The van der Waals surface area contributed by atoms with E-state index in [1.165, 1.54) is 0 Å². The molecule has 1 amide bonds. The highest BCUT2D eigenvalue weighted by Crippen LogP contribution is 2.38. The van der Waals surface area contributed by atoms with E-state index in [2.05, 4.69) is 4.90 Å². The molecule has 2 aromatic carbocycles. The summed E-state index contributed by atoms with van der Waals surface area (Å²) >= 11 is 0. The van der Waals surface area contributed by atoms with E-state index in [9.17, 15) is 4.79 Å². The number of ether oxygens (including phenoxy) is 4. The molecule has 35 heavy (non-hydrogen) atoms. The highest BCUT2D eigenvalue weighted by Gasteiger charge is 2.24. The van der Waals surface area contributed by atoms with E-state index in [1.54, 1.807) is 28.4 Å². The molecule has 190 valence electrons. The summed E-state index contributed by atoms with van der Waals surface area (Å²) in [7, 11) is 6.41. The molecule has 0 bridgehead atoms. The molecule has 3 rings (SSSR count). The Morgan fingerprint density at radius 3 is 1.74 bits per heavy atom. The first-order valence-corrected chi connectivity index (χ1v) is 10.6. The van der Waals surface area contributed by atoms with Gasteiger partial charge in [0.05, 0.1) is 34.0 Å². The molecule has 1 aliphatic rings. The third-order valence-electron chi connectivity index (χ3n) is 5.31. The van der Waals surface area contributed by atoms with Crippen molar-refractivity contribution in [1.82, 2.24) is 9.80 Å². The van der Waals surface area contributed by atoms with Crippen LogP contribution in [-0.2, 0) is 16.1 Å². The van der Waals surface area contributed by atoms with Crippen LogP contribution in [0.15, 0.2) is 36.4 Å². The number of amides is 1. The normalized spacial score (nSPS) is 13.2. The standard InChI is InChI=1S/C22H28N2O5.C2H2O4/c1-26-18-8-6-5-7-17(18)22(25)24-11-9-23(10-12-24)15-16-13-19(27-2)21(29-4)20(14-16)28-3;3-1(4)2(5)6/h5-8,13-14H,9-12,15H2,1-4H3;(H,3,4)(H,5,6). The number of carboxylic acids is 2. The fourth-order valence-electron chi connectivity index (χ4n) is 3.59. The van der Waals surface area contributed by atoms with Gasteiger partial charge >= 0.3 is 11.9 Å². The monoisotopic (exact) mass is 490 g/mol. The molecule has 0 spiro atoms. The van der Waals surface area contributed by atoms with E-state index in [1.807, 2.05) is 41.3 Å². The smallest absolute Gasteiger partial charge is 0.414 e. The van der Waals surface area contributed by atoms with Crippen molar-refractivity contribution in [3.05, 3.63) is 47.5 Å². The Balaban J connectivity index is 0.000000641. The lowest BCUT2D eigenvalue weighted by Crippen LogP contribution is -2.48. The van der Waals surface area contributed by atoms with Gasteiger partial charge in [0.2, 0.25) is 5.75 Å². The summed E-state index contributed by atoms with van der Waals surface area (Å²) in [6.07, 6.45) is 0. The fourth-order valence-corrected chi connectivity index (χ4v) is 3.59. The molecule has 11 nitrogen and oxygen atoms in total. The minimum absolute atomic E-state index is 0.00915. The highest BCUT2D eigenvalue weighted by molar-refractivity contribution is 6.27. The molecule has 0 aliphatic carbocycles. The van der Waals surface area contributed by atoms with Crippen molar-refractivity contribution >= 4 is 17.8 Å². The average Bonchev–Trinajstić information content (AvgIpc) is 2.88. The van der Waals surface area contributed by atoms with Crippen LogP contribution >= 0.6 is 0 Å². The van der Waals surface area contributed by atoms with Gasteiger partial charge in [-0.05, 0) is 29.8 Å². The third kappa shape index (κ3) is 7.24. The Bertz CT molecular complexity index is 996. The lowest BCUT2D eigenvalue weighted by molar-refractivity contribution is -0.159. The predicted molar refractivity (Wildman–Crippen MR) is 126 cm³/mol. The number of hydrogen-bond donors (Lipinski definition) is 2. The maximum Gasteiger partial charge on any atom is 0.414 e. The van der Waals surface area contributed by atoms with Crippen molar-refractivity contribution in [2.24, 2.45) is 0 Å². The zero-order chi connectivity index (χ0) is 26.0. The number of carbonyl (C=O) groups excluding carboxylic acids is 1. The molecule has 0 aromatic heterocycles. The van der Waals surface area contributed by atoms with Crippen LogP contribution in [-0.4, -0.2) is 92.5 Å². The van der Waals surface area contributed by atoms with Crippen LogP contribution in [0.25, 0.3) is 0 Å². The van der Waals surface area contributed by atoms with Crippen molar-refractivity contribution in [2.45, 2.75) is 6.54 Å². The second-order valence-electron chi connectivity index (χ2n) is 7.41. The summed E-state index contributed by atoms with van der Waals surface area (Å²) in [4.78, 5) is 35.3. The van der Waals surface area contributed by atoms with Crippen LogP contribution < -0.4 is 18.9 Å². The van der Waals surface area contributed by atoms with Crippen LogP contribution in [0.1, 0.15) is 15.9 Å². The molecule has 2 aromatic rings. The Hall–Kier alpha value is -3.99. The first-order valence-electron chi connectivity index (χ1n) is 10.6. The van der Waals surface area contributed by atoms with Crippen molar-refractivity contribution < 1.29 is 43.5 Å². The Morgan fingerprint density at radius 1 is 0.771 bits per heavy atom. The zero-order valence-corrected chi connectivity index (χ0v) is 20.1. The molecule has 1 heterocycles. The summed E-state index contributed by atoms with van der Waals surface area (Å²) in [6, 6.07) is 11.3. The third-order valence-corrected chi connectivity index (χ3v) is 5.31. The molecule has 1 saturated heterocycles. The number of benzene rings is 2. The highest BCUT2D eigenvalue weighted by atomic mass is 16.5. The van der Waals surface area contributed by atoms with Crippen molar-refractivity contribution in [1.29, 1.82) is 0 Å². The Morgan fingerprint density at radius 2 is 1.29 bits per heavy atom. The molecule has 0 unspecified atom stereocenters. The van der Waals surface area contributed by atoms with E-state index in [-0.39, 0.29) is 5.91 Å². The summed E-state index contributed by atoms with van der Waals surface area (Å²) in [5.41, 5.74) is 1.68. The lowest BCUT2D eigenvalue weighted by atomic mass is 10.1. The molecular weight excluding hydrogens is 460 g/mol. The van der Waals surface area contributed by atoms with Gasteiger partial charge in [0.15, 0.2) is 11.5 Å². The van der Waals surface area contributed by atoms with E-state index in [0.29, 0.717) is 41.7 Å². The summed E-state index contributed by atoms with van der Waals surface area (Å²) in [6.45, 7) is 3.66. The topological polar surface area (TPSA) is 135 Å². The first kappa shape index (κ1) is 27.3. The summed E-state index contributed by atoms with van der Waals surface area (Å²) < 4.78 is 21.6. The maximum absolute atomic E-state index is 12.9. The van der Waals surface area contributed by atoms with Crippen LogP contribution in [0.3, 0.4) is 0 Å². The number of carboxylic acid groups (broad SMARTS) is 2. The first-order chi connectivity index (χ1) is 16.7. The van der Waals surface area contributed by atoms with E-state index >= 15 is 0 Å². The van der Waals surface area contributed by atoms with Gasteiger partial charge in [-0.15, -0.1) is 0 Å². The molecule has 1 aliphatic heterocycles. The van der Waals surface area contributed by atoms with E-state index in [0.717, 1.165) is 25.2 Å². The second kappa shape index (κ2) is 13.0. The number of nitrogens with zero attached hydrogens (tertiary/aromatic N) is 2. The maximum atomic E-state index is 12.9. The zero-order valence-electron chi connectivity index (χ0n) is 20.1. The minimum atomic E-state index is -1.82. The summed E-state index contributed by atoms with van der Waals surface area (Å²) in [5, 5.41) is 14.8. The van der Waals surface area contributed by atoms with Crippen LogP contribution in [0.2, 0.25) is 0 Å². The molecule has 0 saturated carbocycles. The van der Waals surface area contributed by atoms with Crippen LogP contribution in [0, 0.1) is 0 Å². The van der Waals surface area contributed by atoms with Crippen molar-refractivity contribution in [3.63, 3.8) is 0 Å². The fraction of sp³-hybridized carbons (Fsp3) is 0.375.